The van der Waals surface area contributed by atoms with Crippen LogP contribution in [-0.4, -0.2) is 31.0 Å². The van der Waals surface area contributed by atoms with Crippen molar-refractivity contribution in [3.8, 4) is 0 Å². The van der Waals surface area contributed by atoms with Crippen LogP contribution in [0.25, 0.3) is 5.65 Å². The average Bonchev–Trinajstić information content (AvgIpc) is 3.41. The van der Waals surface area contributed by atoms with Crippen molar-refractivity contribution in [3.63, 3.8) is 0 Å². The Morgan fingerprint density at radius 1 is 1.27 bits per heavy atom. The van der Waals surface area contributed by atoms with Crippen LogP contribution in [0.15, 0.2) is 53.5 Å². The molecule has 26 heavy (non-hydrogen) atoms. The lowest BCUT2D eigenvalue weighted by Gasteiger charge is -2.29. The zero-order valence-electron chi connectivity index (χ0n) is 14.4. The van der Waals surface area contributed by atoms with Crippen molar-refractivity contribution in [1.82, 2.24) is 19.1 Å². The monoisotopic (exact) mass is 370 g/mol. The maximum Gasteiger partial charge on any atom is 0.350 e. The molecule has 1 fully saturated rings. The Morgan fingerprint density at radius 3 is 2.65 bits per heavy atom. The Balaban J connectivity index is 1.60. The minimum absolute atomic E-state index is 0.0606. The number of hydrogen-bond donors (Lipinski definition) is 0. The predicted molar refractivity (Wildman–Crippen MR) is 99.2 cm³/mol. The number of pyridine rings is 1. The number of amides is 1. The summed E-state index contributed by atoms with van der Waals surface area (Å²) in [6.07, 6.45) is 3.63. The minimum Gasteiger partial charge on any atom is -0.331 e. The van der Waals surface area contributed by atoms with Crippen molar-refractivity contribution in [2.45, 2.75) is 38.4 Å². The normalized spacial score (nSPS) is 15.2. The smallest absolute Gasteiger partial charge is 0.331 e. The second-order valence-corrected chi connectivity index (χ2v) is 7.07. The highest BCUT2D eigenvalue weighted by Gasteiger charge is 2.36. The molecule has 1 saturated carbocycles. The SMILES string of the molecule is CC(c1ccc(Cl)cc1)N(C(=O)Cn1nc2ccccn2c1=O)C1CC1. The predicted octanol–water partition coefficient (Wildman–Crippen LogP) is 2.90. The topological polar surface area (TPSA) is 59.6 Å². The van der Waals surface area contributed by atoms with Crippen LogP contribution < -0.4 is 5.69 Å². The van der Waals surface area contributed by atoms with Crippen molar-refractivity contribution >= 4 is 23.2 Å². The van der Waals surface area contributed by atoms with Gasteiger partial charge in [-0.25, -0.2) is 9.48 Å². The summed E-state index contributed by atoms with van der Waals surface area (Å²) in [4.78, 5) is 27.3. The number of rotatable bonds is 5. The van der Waals surface area contributed by atoms with E-state index in [9.17, 15) is 9.59 Å². The molecule has 0 bridgehead atoms. The van der Waals surface area contributed by atoms with Gasteiger partial charge in [0.15, 0.2) is 5.65 Å². The van der Waals surface area contributed by atoms with E-state index in [1.807, 2.05) is 42.2 Å². The molecular weight excluding hydrogens is 352 g/mol. The summed E-state index contributed by atoms with van der Waals surface area (Å²) < 4.78 is 2.68. The van der Waals surface area contributed by atoms with Gasteiger partial charge in [-0.05, 0) is 49.6 Å². The molecule has 4 rings (SSSR count). The largest absolute Gasteiger partial charge is 0.350 e. The lowest BCUT2D eigenvalue weighted by Crippen LogP contribution is -2.39. The highest BCUT2D eigenvalue weighted by atomic mass is 35.5. The first-order chi connectivity index (χ1) is 12.5. The van der Waals surface area contributed by atoms with E-state index in [-0.39, 0.29) is 30.2 Å². The molecule has 0 aliphatic heterocycles. The van der Waals surface area contributed by atoms with Gasteiger partial charge in [-0.15, -0.1) is 5.10 Å². The number of fused-ring (bicyclic) bond motifs is 1. The van der Waals surface area contributed by atoms with Gasteiger partial charge >= 0.3 is 5.69 Å². The third kappa shape index (κ3) is 3.12. The van der Waals surface area contributed by atoms with Gasteiger partial charge in [-0.2, -0.15) is 0 Å². The highest BCUT2D eigenvalue weighted by Crippen LogP contribution is 2.34. The van der Waals surface area contributed by atoms with Gasteiger partial charge in [0, 0.05) is 17.3 Å². The zero-order chi connectivity index (χ0) is 18.3. The van der Waals surface area contributed by atoms with E-state index in [0.717, 1.165) is 18.4 Å². The van der Waals surface area contributed by atoms with E-state index in [2.05, 4.69) is 5.10 Å². The average molecular weight is 371 g/mol. The van der Waals surface area contributed by atoms with Gasteiger partial charge in [0.1, 0.15) is 6.54 Å². The summed E-state index contributed by atoms with van der Waals surface area (Å²) in [6.45, 7) is 1.95. The number of benzene rings is 1. The van der Waals surface area contributed by atoms with Gasteiger partial charge in [0.25, 0.3) is 0 Å². The number of hydrogen-bond acceptors (Lipinski definition) is 3. The van der Waals surface area contributed by atoms with Crippen LogP contribution in [0.1, 0.15) is 31.4 Å². The molecule has 6 nitrogen and oxygen atoms in total. The summed E-state index contributed by atoms with van der Waals surface area (Å²) in [7, 11) is 0. The van der Waals surface area contributed by atoms with Gasteiger partial charge in [0.2, 0.25) is 5.91 Å². The summed E-state index contributed by atoms with van der Waals surface area (Å²) in [6, 6.07) is 13.0. The summed E-state index contributed by atoms with van der Waals surface area (Å²) in [5.74, 6) is -0.0968. The molecule has 1 unspecified atom stereocenters. The van der Waals surface area contributed by atoms with Gasteiger partial charge in [-0.1, -0.05) is 29.8 Å². The van der Waals surface area contributed by atoms with Gasteiger partial charge in [0.05, 0.1) is 6.04 Å². The molecule has 1 aliphatic carbocycles. The fourth-order valence-corrected chi connectivity index (χ4v) is 3.40. The Morgan fingerprint density at radius 2 is 2.00 bits per heavy atom. The minimum atomic E-state index is -0.302. The Labute approximate surface area is 155 Å². The number of nitrogens with zero attached hydrogens (tertiary/aromatic N) is 4. The fourth-order valence-electron chi connectivity index (χ4n) is 3.27. The molecule has 1 amide bonds. The zero-order valence-corrected chi connectivity index (χ0v) is 15.1. The second kappa shape index (κ2) is 6.61. The van der Waals surface area contributed by atoms with Crippen LogP contribution in [0.5, 0.6) is 0 Å². The summed E-state index contributed by atoms with van der Waals surface area (Å²) in [5, 5.41) is 4.93. The third-order valence-electron chi connectivity index (χ3n) is 4.77. The first-order valence-corrected chi connectivity index (χ1v) is 9.03. The number of carbonyl (C=O) groups excluding carboxylic acids is 1. The second-order valence-electron chi connectivity index (χ2n) is 6.63. The number of halogens is 1. The maximum absolute atomic E-state index is 13.0. The molecule has 0 radical (unpaired) electrons. The molecule has 7 heteroatoms. The fraction of sp³-hybridized carbons (Fsp3) is 0.316. The molecule has 0 spiro atoms. The lowest BCUT2D eigenvalue weighted by atomic mass is 10.1. The Kier molecular flexibility index (Phi) is 4.28. The van der Waals surface area contributed by atoms with E-state index in [1.165, 1.54) is 9.08 Å². The molecule has 1 aliphatic rings. The van der Waals surface area contributed by atoms with E-state index in [1.54, 1.807) is 18.3 Å². The van der Waals surface area contributed by atoms with Crippen molar-refractivity contribution in [3.05, 3.63) is 69.7 Å². The standard InChI is InChI=1S/C19H19ClN4O2/c1-13(14-5-7-15(20)8-6-14)24(16-9-10-16)18(25)12-23-19(26)22-11-3-2-4-17(22)21-23/h2-8,11,13,16H,9-10,12H2,1H3. The van der Waals surface area contributed by atoms with Crippen LogP contribution in [0.3, 0.4) is 0 Å². The Hall–Kier alpha value is -2.60. The first-order valence-electron chi connectivity index (χ1n) is 8.65. The maximum atomic E-state index is 13.0. The van der Waals surface area contributed by atoms with Crippen molar-refractivity contribution < 1.29 is 4.79 Å². The molecule has 2 heterocycles. The van der Waals surface area contributed by atoms with E-state index >= 15 is 0 Å². The molecule has 2 aromatic heterocycles. The molecule has 134 valence electrons. The number of aromatic nitrogens is 3. The molecule has 1 aromatic carbocycles. The van der Waals surface area contributed by atoms with Crippen LogP contribution >= 0.6 is 11.6 Å². The van der Waals surface area contributed by atoms with E-state index in [4.69, 9.17) is 11.6 Å². The van der Waals surface area contributed by atoms with Crippen molar-refractivity contribution in [1.29, 1.82) is 0 Å². The quantitative estimate of drug-likeness (QED) is 0.693. The van der Waals surface area contributed by atoms with Crippen LogP contribution in [0, 0.1) is 0 Å². The highest BCUT2D eigenvalue weighted by molar-refractivity contribution is 6.30. The van der Waals surface area contributed by atoms with Crippen LogP contribution in [0.2, 0.25) is 5.02 Å². The van der Waals surface area contributed by atoms with Gasteiger partial charge in [-0.3, -0.25) is 9.20 Å². The first kappa shape index (κ1) is 16.8. The van der Waals surface area contributed by atoms with E-state index < -0.39 is 0 Å². The molecule has 0 saturated heterocycles. The molecule has 1 atom stereocenters. The van der Waals surface area contributed by atoms with Crippen molar-refractivity contribution in [2.24, 2.45) is 0 Å². The van der Waals surface area contributed by atoms with Crippen molar-refractivity contribution in [2.75, 3.05) is 0 Å². The third-order valence-corrected chi connectivity index (χ3v) is 5.02. The molecule has 3 aromatic rings. The molecular formula is C19H19ClN4O2. The van der Waals surface area contributed by atoms with Crippen LogP contribution in [0.4, 0.5) is 0 Å². The van der Waals surface area contributed by atoms with Crippen LogP contribution in [-0.2, 0) is 11.3 Å². The van der Waals surface area contributed by atoms with Gasteiger partial charge < -0.3 is 4.90 Å². The summed E-state index contributed by atoms with van der Waals surface area (Å²) >= 11 is 5.97. The molecule has 0 N–H and O–H groups in total. The lowest BCUT2D eigenvalue weighted by molar-refractivity contribution is -0.135. The Bertz CT molecular complexity index is 1000. The van der Waals surface area contributed by atoms with E-state index in [0.29, 0.717) is 10.7 Å². The number of carbonyl (C=O) groups is 1. The summed E-state index contributed by atoms with van der Waals surface area (Å²) in [5.41, 5.74) is 1.26.